The molecule has 0 saturated heterocycles. The molecule has 8 bridgehead atoms. The Morgan fingerprint density at radius 1 is 0.618 bits per heavy atom. The summed E-state index contributed by atoms with van der Waals surface area (Å²) in [6.07, 6.45) is 8.05. The van der Waals surface area contributed by atoms with E-state index in [9.17, 15) is 4.79 Å². The van der Waals surface area contributed by atoms with E-state index in [1.54, 1.807) is 24.3 Å². The molecule has 34 heavy (non-hydrogen) atoms. The zero-order chi connectivity index (χ0) is 23.5. The van der Waals surface area contributed by atoms with Crippen LogP contribution >= 0.6 is 0 Å². The first-order chi connectivity index (χ1) is 16.5. The number of fused-ring (bicyclic) bond motifs is 8. The first-order valence-electron chi connectivity index (χ1n) is 10.6. The highest BCUT2D eigenvalue weighted by Crippen LogP contribution is 2.17. The van der Waals surface area contributed by atoms with Crippen molar-refractivity contribution in [3.63, 3.8) is 0 Å². The van der Waals surface area contributed by atoms with E-state index in [2.05, 4.69) is 66.6 Å². The summed E-state index contributed by atoms with van der Waals surface area (Å²) in [6.45, 7) is 0. The fourth-order valence-electron chi connectivity index (χ4n) is 3.57. The third kappa shape index (κ3) is 5.24. The fourth-order valence-corrected chi connectivity index (χ4v) is 3.76. The summed E-state index contributed by atoms with van der Waals surface area (Å²) < 4.78 is 0.991. The standard InChI is InChI=1S/C20H14N4.C7H5O2.Al/c1-2-14-10-16-5-6-18(23-16)12-20-8-7-19(24-20)11-17-4-3-15(22-17)9-13(1)21-14;8-7(9)6-4-2-1-3-5-6;/h1-12,21-22H;2-5H,(H,8,9);. The van der Waals surface area contributed by atoms with Crippen LogP contribution in [0.4, 0.5) is 0 Å². The average Bonchev–Trinajstić information content (AvgIpc) is 3.60. The van der Waals surface area contributed by atoms with E-state index < -0.39 is 5.97 Å². The molecule has 0 fully saturated rings. The number of carboxylic acids is 1. The van der Waals surface area contributed by atoms with Gasteiger partial charge in [0.1, 0.15) is 0 Å². The summed E-state index contributed by atoms with van der Waals surface area (Å²) in [6, 6.07) is 23.0. The number of nitrogens with zero attached hydrogens (tertiary/aromatic N) is 2. The van der Waals surface area contributed by atoms with Crippen molar-refractivity contribution in [1.29, 1.82) is 0 Å². The number of H-pyrrole nitrogens is 2. The van der Waals surface area contributed by atoms with Crippen molar-refractivity contribution < 1.29 is 9.90 Å². The lowest BCUT2D eigenvalue weighted by Crippen LogP contribution is -2.03. The van der Waals surface area contributed by atoms with Crippen LogP contribution in [0.25, 0.3) is 46.4 Å². The summed E-state index contributed by atoms with van der Waals surface area (Å²) in [4.78, 5) is 26.3. The van der Waals surface area contributed by atoms with Gasteiger partial charge < -0.3 is 15.1 Å². The van der Waals surface area contributed by atoms with Crippen molar-refractivity contribution in [2.45, 2.75) is 0 Å². The molecule has 0 aliphatic carbocycles. The van der Waals surface area contributed by atoms with Gasteiger partial charge >= 0.3 is 5.97 Å². The molecule has 7 heteroatoms. The van der Waals surface area contributed by atoms with Crippen molar-refractivity contribution in [1.82, 2.24) is 19.9 Å². The second kappa shape index (κ2) is 9.36. The number of nitrogens with one attached hydrogen (secondary N) is 2. The molecule has 0 unspecified atom stereocenters. The second-order valence-corrected chi connectivity index (χ2v) is 8.50. The molecule has 2 aliphatic heterocycles. The maximum atomic E-state index is 10.3. The van der Waals surface area contributed by atoms with Crippen molar-refractivity contribution in [2.24, 2.45) is 0 Å². The molecule has 6 nitrogen and oxygen atoms in total. The highest BCUT2D eigenvalue weighted by molar-refractivity contribution is 6.32. The Morgan fingerprint density at radius 3 is 1.47 bits per heavy atom. The number of hydrogen-bond acceptors (Lipinski definition) is 3. The lowest BCUT2D eigenvalue weighted by atomic mass is 10.2. The van der Waals surface area contributed by atoms with Crippen LogP contribution in [-0.2, 0) is 0 Å². The highest BCUT2D eigenvalue weighted by atomic mass is 27.0. The number of carbonyl (C=O) groups is 1. The molecule has 162 valence electrons. The fraction of sp³-hybridized carbons (Fsp3) is 0. The van der Waals surface area contributed by atoms with Crippen LogP contribution in [0.5, 0.6) is 0 Å². The first-order valence-corrected chi connectivity index (χ1v) is 11.2. The third-order valence-electron chi connectivity index (χ3n) is 5.20. The Labute approximate surface area is 203 Å². The van der Waals surface area contributed by atoms with Gasteiger partial charge in [0.15, 0.2) is 16.3 Å². The van der Waals surface area contributed by atoms with Crippen molar-refractivity contribution in [3.8, 4) is 0 Å². The minimum atomic E-state index is -0.884. The highest BCUT2D eigenvalue weighted by Gasteiger charge is 2.02. The predicted octanol–water partition coefficient (Wildman–Crippen LogP) is 4.83. The Morgan fingerprint density at radius 2 is 1.03 bits per heavy atom. The van der Waals surface area contributed by atoms with Crippen LogP contribution in [0.1, 0.15) is 33.1 Å². The smallest absolute Gasteiger partial charge is 0.335 e. The summed E-state index contributed by atoms with van der Waals surface area (Å²) in [5, 5.41) is 8.47. The molecule has 1 aromatic carbocycles. The van der Waals surface area contributed by atoms with Crippen LogP contribution in [0.15, 0.2) is 72.8 Å². The third-order valence-corrected chi connectivity index (χ3v) is 5.58. The van der Waals surface area contributed by atoms with Crippen LogP contribution in [-0.4, -0.2) is 47.3 Å². The van der Waals surface area contributed by atoms with E-state index in [4.69, 9.17) is 5.11 Å². The molecule has 2 aliphatic rings. The molecule has 0 atom stereocenters. The molecule has 6 rings (SSSR count). The molecule has 5 heterocycles. The summed E-state index contributed by atoms with van der Waals surface area (Å²) in [5.41, 5.74) is 8.19. The molecule has 0 spiro atoms. The van der Waals surface area contributed by atoms with E-state index in [0.29, 0.717) is 5.56 Å². The van der Waals surface area contributed by atoms with Crippen molar-refractivity contribution >= 4 is 73.1 Å². The average molecular weight is 458 g/mol. The van der Waals surface area contributed by atoms with Gasteiger partial charge in [-0.05, 0) is 85.0 Å². The van der Waals surface area contributed by atoms with Crippen molar-refractivity contribution in [2.75, 3.05) is 0 Å². The molecular formula is C27H19AlN4O2. The number of aromatic nitrogens is 4. The molecule has 4 aromatic rings. The lowest BCUT2D eigenvalue weighted by molar-refractivity contribution is 0.0697. The first kappa shape index (κ1) is 21.7. The number of carboxylic acid groups (broad SMARTS) is 1. The Kier molecular flexibility index (Phi) is 5.96. The largest absolute Gasteiger partial charge is 0.478 e. The van der Waals surface area contributed by atoms with E-state index >= 15 is 0 Å². The lowest BCUT2D eigenvalue weighted by Gasteiger charge is -1.93. The Balaban J connectivity index is 0.000000204. The Bertz CT molecular complexity index is 1510. The molecule has 3 aromatic heterocycles. The van der Waals surface area contributed by atoms with Gasteiger partial charge in [-0.25, -0.2) is 14.8 Å². The SMILES string of the molecule is C1=Cc2cc3ccc(cc4ccc(cc5nc(cc1n2)C=C5)[nH]4)[nH]3.O=C(O)c1cc[c]([Al])cc1. The normalized spacial score (nSPS) is 11.6. The minimum Gasteiger partial charge on any atom is -0.478 e. The maximum absolute atomic E-state index is 10.3. The monoisotopic (exact) mass is 458 g/mol. The Hall–Kier alpha value is -4.18. The van der Waals surface area contributed by atoms with Gasteiger partial charge in [0, 0.05) is 22.1 Å². The van der Waals surface area contributed by atoms with Crippen LogP contribution in [0.3, 0.4) is 0 Å². The number of aromatic carboxylic acids is 1. The van der Waals surface area contributed by atoms with E-state index in [1.807, 2.05) is 42.5 Å². The van der Waals surface area contributed by atoms with Crippen LogP contribution in [0.2, 0.25) is 0 Å². The zero-order valence-electron chi connectivity index (χ0n) is 18.1. The molecule has 0 amide bonds. The maximum Gasteiger partial charge on any atom is 0.335 e. The van der Waals surface area contributed by atoms with Gasteiger partial charge in [-0.1, -0.05) is 12.1 Å². The molecule has 2 radical (unpaired) electrons. The van der Waals surface area contributed by atoms with Crippen molar-refractivity contribution in [3.05, 3.63) is 101 Å². The number of aromatic amines is 2. The van der Waals surface area contributed by atoms with Crippen LogP contribution in [0, 0.1) is 0 Å². The van der Waals surface area contributed by atoms with E-state index in [-0.39, 0.29) is 0 Å². The van der Waals surface area contributed by atoms with E-state index in [1.165, 1.54) is 0 Å². The topological polar surface area (TPSA) is 94.7 Å². The van der Waals surface area contributed by atoms with Crippen LogP contribution < -0.4 is 4.43 Å². The summed E-state index contributed by atoms with van der Waals surface area (Å²) >= 11 is 2.49. The number of benzene rings is 1. The van der Waals surface area contributed by atoms with Gasteiger partial charge in [0.25, 0.3) is 0 Å². The van der Waals surface area contributed by atoms with Gasteiger partial charge in [-0.15, -0.1) is 4.43 Å². The van der Waals surface area contributed by atoms with Gasteiger partial charge in [-0.3, -0.25) is 0 Å². The summed E-state index contributed by atoms with van der Waals surface area (Å²) in [5.74, 6) is -0.884. The second-order valence-electron chi connectivity index (χ2n) is 7.83. The summed E-state index contributed by atoms with van der Waals surface area (Å²) in [7, 11) is 0. The number of rotatable bonds is 1. The molecule has 3 N–H and O–H groups in total. The minimum absolute atomic E-state index is 0.325. The van der Waals surface area contributed by atoms with Gasteiger partial charge in [0.2, 0.25) is 0 Å². The van der Waals surface area contributed by atoms with Gasteiger partial charge in [0.05, 0.1) is 28.3 Å². The molecule has 0 saturated carbocycles. The van der Waals surface area contributed by atoms with Gasteiger partial charge in [-0.2, -0.15) is 0 Å². The van der Waals surface area contributed by atoms with E-state index in [0.717, 1.165) is 49.3 Å². The quantitative estimate of drug-likeness (QED) is 0.308. The number of hydrogen-bond donors (Lipinski definition) is 3. The zero-order valence-corrected chi connectivity index (χ0v) is 19.2. The molecular weight excluding hydrogens is 439 g/mol. The predicted molar refractivity (Wildman–Crippen MR) is 138 cm³/mol.